The Kier molecular flexibility index (Phi) is 7.43. The molecule has 0 saturated carbocycles. The lowest BCUT2D eigenvalue weighted by Gasteiger charge is -2.27. The molecule has 1 aromatic carbocycles. The Morgan fingerprint density at radius 3 is 2.59 bits per heavy atom. The van der Waals surface area contributed by atoms with E-state index >= 15 is 0 Å². The van der Waals surface area contributed by atoms with Crippen molar-refractivity contribution in [2.24, 2.45) is 0 Å². The number of rotatable bonds is 8. The highest BCUT2D eigenvalue weighted by molar-refractivity contribution is 5.85. The van der Waals surface area contributed by atoms with Crippen molar-refractivity contribution in [2.45, 2.75) is 32.1 Å². The summed E-state index contributed by atoms with van der Waals surface area (Å²) in [7, 11) is 0. The molecule has 6 rings (SSSR count). The van der Waals surface area contributed by atoms with E-state index in [0.29, 0.717) is 66.7 Å². The quantitative estimate of drug-likeness (QED) is 0.342. The first kappa shape index (κ1) is 26.9. The van der Waals surface area contributed by atoms with Crippen LogP contribution in [0, 0.1) is 0 Å². The molecule has 2 aliphatic rings. The summed E-state index contributed by atoms with van der Waals surface area (Å²) in [4.78, 5) is 34.7. The number of benzene rings is 1. The summed E-state index contributed by atoms with van der Waals surface area (Å²) in [6, 6.07) is 8.99. The molecule has 214 valence electrons. The molecule has 5 heterocycles. The van der Waals surface area contributed by atoms with Crippen LogP contribution in [-0.2, 0) is 28.8 Å². The minimum Gasteiger partial charge on any atom is -0.378 e. The molecule has 0 spiro atoms. The minimum absolute atomic E-state index is 0.110. The van der Waals surface area contributed by atoms with Gasteiger partial charge in [-0.05, 0) is 36.2 Å². The van der Waals surface area contributed by atoms with Crippen LogP contribution in [0.2, 0.25) is 0 Å². The highest BCUT2D eigenvalue weighted by Gasteiger charge is 2.30. The van der Waals surface area contributed by atoms with Crippen molar-refractivity contribution in [1.29, 1.82) is 0 Å². The molecular formula is C28H29F3N8O2. The Morgan fingerprint density at radius 2 is 1.85 bits per heavy atom. The fraction of sp³-hybridized carbons (Fsp3) is 0.393. The zero-order valence-electron chi connectivity index (χ0n) is 22.3. The third kappa shape index (κ3) is 5.94. The van der Waals surface area contributed by atoms with Crippen molar-refractivity contribution in [2.75, 3.05) is 49.6 Å². The van der Waals surface area contributed by atoms with E-state index in [1.165, 1.54) is 6.07 Å². The maximum Gasteiger partial charge on any atom is 0.416 e. The number of nitrogens with one attached hydrogen (secondary N) is 1. The summed E-state index contributed by atoms with van der Waals surface area (Å²) in [5, 5.41) is 3.17. The number of alkyl halides is 3. The number of carbonyl (C=O) groups is 1. The van der Waals surface area contributed by atoms with Crippen LogP contribution in [0.25, 0.3) is 22.6 Å². The molecule has 10 nitrogen and oxygen atoms in total. The van der Waals surface area contributed by atoms with Crippen molar-refractivity contribution in [3.8, 4) is 11.4 Å². The Balaban J connectivity index is 1.31. The lowest BCUT2D eigenvalue weighted by atomic mass is 10.1. The summed E-state index contributed by atoms with van der Waals surface area (Å²) < 4.78 is 47.0. The number of morpholine rings is 1. The molecule has 41 heavy (non-hydrogen) atoms. The zero-order valence-corrected chi connectivity index (χ0v) is 22.3. The number of fused-ring (bicyclic) bond motifs is 1. The van der Waals surface area contributed by atoms with Gasteiger partial charge in [-0.1, -0.05) is 12.1 Å². The second-order valence-corrected chi connectivity index (χ2v) is 10.0. The number of nitrogens with zero attached hydrogens (tertiary/aromatic N) is 7. The highest BCUT2D eigenvalue weighted by Crippen LogP contribution is 2.30. The van der Waals surface area contributed by atoms with Crippen LogP contribution < -0.4 is 10.2 Å². The molecule has 1 N–H and O–H groups in total. The Bertz CT molecular complexity index is 1530. The molecular weight excluding hydrogens is 537 g/mol. The number of pyridine rings is 1. The number of likely N-dealkylation sites (tertiary alicyclic amines) is 1. The van der Waals surface area contributed by atoms with Gasteiger partial charge in [0.25, 0.3) is 0 Å². The standard InChI is InChI=1S/C28H29F3N8O2/c29-28(30,31)21-4-1-3-19(15-21)16-33-26-24-27(39(18-34-24)10-9-38-8-2-5-23(38)40)36-25(35-26)20-6-7-22(32-17-20)37-11-13-41-14-12-37/h1,3-4,6-7,15,17-18H,2,5,8-14,16H2,(H,33,35,36). The van der Waals surface area contributed by atoms with Gasteiger partial charge in [-0.3, -0.25) is 4.79 Å². The maximum absolute atomic E-state index is 13.2. The van der Waals surface area contributed by atoms with Crippen molar-refractivity contribution >= 4 is 28.7 Å². The van der Waals surface area contributed by atoms with Gasteiger partial charge in [0.05, 0.1) is 25.1 Å². The second-order valence-electron chi connectivity index (χ2n) is 10.0. The maximum atomic E-state index is 13.2. The predicted molar refractivity (Wildman–Crippen MR) is 146 cm³/mol. The molecule has 4 aromatic rings. The molecule has 3 aromatic heterocycles. The van der Waals surface area contributed by atoms with Crippen LogP contribution in [0.15, 0.2) is 48.9 Å². The fourth-order valence-corrected chi connectivity index (χ4v) is 5.07. The van der Waals surface area contributed by atoms with Crippen LogP contribution in [0.4, 0.5) is 24.8 Å². The molecule has 2 aliphatic heterocycles. The number of carbonyl (C=O) groups excluding carboxylic acids is 1. The predicted octanol–water partition coefficient (Wildman–Crippen LogP) is 3.98. The summed E-state index contributed by atoms with van der Waals surface area (Å²) in [5.41, 5.74) is 1.49. The third-order valence-electron chi connectivity index (χ3n) is 7.30. The minimum atomic E-state index is -4.43. The molecule has 1 amide bonds. The second kappa shape index (κ2) is 11.3. The van der Waals surface area contributed by atoms with E-state index in [0.717, 1.165) is 44.0 Å². The average Bonchev–Trinajstić information content (AvgIpc) is 3.60. The summed E-state index contributed by atoms with van der Waals surface area (Å²) in [6.07, 6.45) is 0.354. The number of imidazole rings is 1. The summed E-state index contributed by atoms with van der Waals surface area (Å²) in [6.45, 7) is 4.70. The van der Waals surface area contributed by atoms with Crippen LogP contribution in [0.1, 0.15) is 24.0 Å². The zero-order chi connectivity index (χ0) is 28.4. The molecule has 13 heteroatoms. The number of anilines is 2. The van der Waals surface area contributed by atoms with Gasteiger partial charge >= 0.3 is 6.18 Å². The molecule has 2 fully saturated rings. The van der Waals surface area contributed by atoms with Gasteiger partial charge < -0.3 is 24.4 Å². The first-order valence-electron chi connectivity index (χ1n) is 13.5. The van der Waals surface area contributed by atoms with Gasteiger partial charge in [-0.25, -0.2) is 19.9 Å². The molecule has 0 aliphatic carbocycles. The number of amides is 1. The van der Waals surface area contributed by atoms with Gasteiger partial charge in [0, 0.05) is 57.4 Å². The van der Waals surface area contributed by atoms with Gasteiger partial charge in [-0.15, -0.1) is 0 Å². The number of hydrogen-bond acceptors (Lipinski definition) is 8. The van der Waals surface area contributed by atoms with E-state index in [9.17, 15) is 18.0 Å². The molecule has 0 bridgehead atoms. The van der Waals surface area contributed by atoms with E-state index in [1.807, 2.05) is 21.6 Å². The van der Waals surface area contributed by atoms with Crippen molar-refractivity contribution in [1.82, 2.24) is 29.4 Å². The summed E-state index contributed by atoms with van der Waals surface area (Å²) >= 11 is 0. The first-order valence-corrected chi connectivity index (χ1v) is 13.5. The Hall–Kier alpha value is -4.26. The van der Waals surface area contributed by atoms with E-state index in [1.54, 1.807) is 18.6 Å². The topological polar surface area (TPSA) is 101 Å². The Morgan fingerprint density at radius 1 is 1.00 bits per heavy atom. The van der Waals surface area contributed by atoms with Gasteiger partial charge in [0.2, 0.25) is 5.91 Å². The van der Waals surface area contributed by atoms with E-state index in [4.69, 9.17) is 14.7 Å². The Labute approximate surface area is 234 Å². The van der Waals surface area contributed by atoms with Gasteiger partial charge in [0.15, 0.2) is 17.3 Å². The largest absolute Gasteiger partial charge is 0.416 e. The van der Waals surface area contributed by atoms with E-state index in [2.05, 4.69) is 20.2 Å². The van der Waals surface area contributed by atoms with Crippen LogP contribution in [0.3, 0.4) is 0 Å². The monoisotopic (exact) mass is 566 g/mol. The fourth-order valence-electron chi connectivity index (χ4n) is 5.07. The first-order chi connectivity index (χ1) is 19.8. The average molecular weight is 567 g/mol. The van der Waals surface area contributed by atoms with Gasteiger partial charge in [-0.2, -0.15) is 13.2 Å². The van der Waals surface area contributed by atoms with Crippen LogP contribution in [0.5, 0.6) is 0 Å². The normalized spacial score (nSPS) is 16.1. The van der Waals surface area contributed by atoms with E-state index < -0.39 is 11.7 Å². The van der Waals surface area contributed by atoms with Crippen LogP contribution >= 0.6 is 0 Å². The lowest BCUT2D eigenvalue weighted by molar-refractivity contribution is -0.137. The van der Waals surface area contributed by atoms with Crippen molar-refractivity contribution < 1.29 is 22.7 Å². The summed E-state index contributed by atoms with van der Waals surface area (Å²) in [5.74, 6) is 1.78. The number of halogens is 3. The van der Waals surface area contributed by atoms with E-state index in [-0.39, 0.29) is 12.5 Å². The molecule has 0 unspecified atom stereocenters. The number of ether oxygens (including phenoxy) is 1. The SMILES string of the molecule is O=C1CCCN1CCn1cnc2c(NCc3cccc(C(F)(F)F)c3)nc(-c3ccc(N4CCOCC4)nc3)nc21. The van der Waals surface area contributed by atoms with Crippen molar-refractivity contribution in [3.63, 3.8) is 0 Å². The number of aromatic nitrogens is 5. The molecule has 0 atom stereocenters. The van der Waals surface area contributed by atoms with Crippen LogP contribution in [-0.4, -0.2) is 74.7 Å². The van der Waals surface area contributed by atoms with Gasteiger partial charge in [0.1, 0.15) is 11.3 Å². The lowest BCUT2D eigenvalue weighted by Crippen LogP contribution is -2.36. The molecule has 0 radical (unpaired) electrons. The highest BCUT2D eigenvalue weighted by atomic mass is 19.4. The number of hydrogen-bond donors (Lipinski definition) is 1. The third-order valence-corrected chi connectivity index (χ3v) is 7.30. The smallest absolute Gasteiger partial charge is 0.378 e. The van der Waals surface area contributed by atoms with Crippen molar-refractivity contribution in [3.05, 3.63) is 60.0 Å². The molecule has 2 saturated heterocycles.